The monoisotopic (exact) mass is 193 g/mol. The van der Waals surface area contributed by atoms with Gasteiger partial charge in [0.2, 0.25) is 0 Å². The zero-order valence-corrected chi connectivity index (χ0v) is 8.44. The Labute approximate surface area is 83.9 Å². The van der Waals surface area contributed by atoms with Crippen LogP contribution in [0.3, 0.4) is 0 Å². The van der Waals surface area contributed by atoms with Crippen molar-refractivity contribution in [1.29, 1.82) is 0 Å². The Kier molecular flexibility index (Phi) is 3.65. The first-order valence-corrected chi connectivity index (χ1v) is 4.59. The molecule has 0 amide bonds. The fourth-order valence-electron chi connectivity index (χ4n) is 1.30. The van der Waals surface area contributed by atoms with E-state index in [-0.39, 0.29) is 18.1 Å². The molecule has 14 heavy (non-hydrogen) atoms. The zero-order chi connectivity index (χ0) is 10.6. The molecule has 0 aliphatic rings. The molecule has 0 saturated heterocycles. The van der Waals surface area contributed by atoms with E-state index in [1.165, 1.54) is 6.92 Å². The number of hydrogen-bond donors (Lipinski definition) is 1. The van der Waals surface area contributed by atoms with Crippen LogP contribution < -0.4 is 5.73 Å². The lowest BCUT2D eigenvalue weighted by Crippen LogP contribution is -2.28. The van der Waals surface area contributed by atoms with Crippen LogP contribution in [-0.4, -0.2) is 12.0 Å². The van der Waals surface area contributed by atoms with Gasteiger partial charge in [0.15, 0.2) is 0 Å². The van der Waals surface area contributed by atoms with Crippen molar-refractivity contribution in [3.8, 4) is 0 Å². The second kappa shape index (κ2) is 4.77. The number of carbonyl (C=O) groups excluding carboxylic acids is 1. The third-order valence-corrected chi connectivity index (χ3v) is 1.90. The van der Waals surface area contributed by atoms with Gasteiger partial charge in [0.05, 0.1) is 0 Å². The highest BCUT2D eigenvalue weighted by atomic mass is 16.5. The van der Waals surface area contributed by atoms with Gasteiger partial charge >= 0.3 is 5.97 Å². The highest BCUT2D eigenvalue weighted by Crippen LogP contribution is 2.19. The molecule has 1 rings (SSSR count). The van der Waals surface area contributed by atoms with E-state index in [2.05, 4.69) is 0 Å². The lowest BCUT2D eigenvalue weighted by atomic mass is 10.0. The summed E-state index contributed by atoms with van der Waals surface area (Å²) < 4.78 is 5.13. The van der Waals surface area contributed by atoms with Crippen LogP contribution in [0.2, 0.25) is 0 Å². The van der Waals surface area contributed by atoms with Crippen molar-refractivity contribution >= 4 is 5.97 Å². The van der Waals surface area contributed by atoms with E-state index in [0.29, 0.717) is 0 Å². The minimum atomic E-state index is -0.353. The standard InChI is InChI=1S/C11H15NO2/c1-8(12)11(14-9(2)13)10-6-4-3-5-7-10/h3-8,11H,12H2,1-2H3/t8-,11-/m1/s1. The second-order valence-electron chi connectivity index (χ2n) is 3.30. The summed E-state index contributed by atoms with van der Waals surface area (Å²) in [4.78, 5) is 10.9. The molecule has 1 aromatic rings. The summed E-state index contributed by atoms with van der Waals surface area (Å²) in [5.41, 5.74) is 6.67. The molecule has 0 radical (unpaired) electrons. The minimum Gasteiger partial charge on any atom is -0.456 e. The van der Waals surface area contributed by atoms with Gasteiger partial charge in [-0.25, -0.2) is 0 Å². The van der Waals surface area contributed by atoms with Crippen LogP contribution in [0.15, 0.2) is 30.3 Å². The highest BCUT2D eigenvalue weighted by Gasteiger charge is 2.18. The predicted molar refractivity (Wildman–Crippen MR) is 54.6 cm³/mol. The Morgan fingerprint density at radius 1 is 1.36 bits per heavy atom. The number of benzene rings is 1. The maximum Gasteiger partial charge on any atom is 0.303 e. The SMILES string of the molecule is CC(=O)O[C@@H](c1ccccc1)[C@@H](C)N. The molecular weight excluding hydrogens is 178 g/mol. The van der Waals surface area contributed by atoms with Gasteiger partial charge in [0.25, 0.3) is 0 Å². The maximum atomic E-state index is 10.9. The fourth-order valence-corrected chi connectivity index (χ4v) is 1.30. The number of ether oxygens (including phenoxy) is 1. The first-order valence-electron chi connectivity index (χ1n) is 4.59. The van der Waals surface area contributed by atoms with Gasteiger partial charge in [-0.3, -0.25) is 4.79 Å². The van der Waals surface area contributed by atoms with E-state index >= 15 is 0 Å². The Morgan fingerprint density at radius 2 is 1.93 bits per heavy atom. The minimum absolute atomic E-state index is 0.207. The third kappa shape index (κ3) is 2.85. The fraction of sp³-hybridized carbons (Fsp3) is 0.364. The van der Waals surface area contributed by atoms with Crippen LogP contribution in [0.5, 0.6) is 0 Å². The number of nitrogens with two attached hydrogens (primary N) is 1. The molecule has 0 heterocycles. The molecule has 2 N–H and O–H groups in total. The van der Waals surface area contributed by atoms with E-state index in [9.17, 15) is 4.79 Å². The summed E-state index contributed by atoms with van der Waals surface area (Å²) in [7, 11) is 0. The second-order valence-corrected chi connectivity index (χ2v) is 3.30. The average molecular weight is 193 g/mol. The van der Waals surface area contributed by atoms with Crippen molar-refractivity contribution in [1.82, 2.24) is 0 Å². The Balaban J connectivity index is 2.83. The van der Waals surface area contributed by atoms with Crippen molar-refractivity contribution in [2.24, 2.45) is 5.73 Å². The molecule has 0 fully saturated rings. The summed E-state index contributed by atoms with van der Waals surface area (Å²) in [5, 5.41) is 0. The topological polar surface area (TPSA) is 52.3 Å². The molecule has 0 aromatic heterocycles. The van der Waals surface area contributed by atoms with E-state index in [0.717, 1.165) is 5.56 Å². The molecule has 0 aliphatic heterocycles. The molecule has 0 saturated carbocycles. The molecule has 0 spiro atoms. The summed E-state index contributed by atoms with van der Waals surface area (Å²) in [6, 6.07) is 9.30. The molecule has 76 valence electrons. The summed E-state index contributed by atoms with van der Waals surface area (Å²) >= 11 is 0. The van der Waals surface area contributed by atoms with E-state index in [4.69, 9.17) is 10.5 Å². The van der Waals surface area contributed by atoms with Crippen LogP contribution in [0.1, 0.15) is 25.5 Å². The van der Waals surface area contributed by atoms with E-state index < -0.39 is 0 Å². The van der Waals surface area contributed by atoms with Gasteiger partial charge in [-0.05, 0) is 12.5 Å². The van der Waals surface area contributed by atoms with Crippen LogP contribution >= 0.6 is 0 Å². The molecule has 0 bridgehead atoms. The van der Waals surface area contributed by atoms with Gasteiger partial charge in [0, 0.05) is 13.0 Å². The normalized spacial score (nSPS) is 14.5. The highest BCUT2D eigenvalue weighted by molar-refractivity contribution is 5.66. The molecule has 1 aromatic carbocycles. The van der Waals surface area contributed by atoms with Gasteiger partial charge in [-0.2, -0.15) is 0 Å². The first-order chi connectivity index (χ1) is 6.61. The molecule has 0 unspecified atom stereocenters. The summed E-state index contributed by atoms with van der Waals surface area (Å²) in [6.45, 7) is 3.21. The van der Waals surface area contributed by atoms with Crippen LogP contribution in [0.25, 0.3) is 0 Å². The number of hydrogen-bond acceptors (Lipinski definition) is 3. The van der Waals surface area contributed by atoms with Crippen molar-refractivity contribution in [2.75, 3.05) is 0 Å². The first kappa shape index (κ1) is 10.7. The number of carbonyl (C=O) groups is 1. The summed E-state index contributed by atoms with van der Waals surface area (Å²) in [6.07, 6.45) is -0.353. The molecule has 0 aliphatic carbocycles. The van der Waals surface area contributed by atoms with Gasteiger partial charge < -0.3 is 10.5 Å². The lowest BCUT2D eigenvalue weighted by molar-refractivity contribution is -0.147. The van der Waals surface area contributed by atoms with E-state index in [1.54, 1.807) is 0 Å². The van der Waals surface area contributed by atoms with Crippen molar-refractivity contribution in [2.45, 2.75) is 26.0 Å². The van der Waals surface area contributed by atoms with E-state index in [1.807, 2.05) is 37.3 Å². The van der Waals surface area contributed by atoms with Gasteiger partial charge in [-0.1, -0.05) is 30.3 Å². The Bertz CT molecular complexity index is 295. The van der Waals surface area contributed by atoms with Crippen molar-refractivity contribution in [3.05, 3.63) is 35.9 Å². The molecule has 2 atom stereocenters. The van der Waals surface area contributed by atoms with Crippen molar-refractivity contribution in [3.63, 3.8) is 0 Å². The molecule has 3 heteroatoms. The largest absolute Gasteiger partial charge is 0.456 e. The number of rotatable bonds is 3. The maximum absolute atomic E-state index is 10.9. The van der Waals surface area contributed by atoms with Crippen molar-refractivity contribution < 1.29 is 9.53 Å². The average Bonchev–Trinajstić information content (AvgIpc) is 2.15. The Morgan fingerprint density at radius 3 is 2.36 bits per heavy atom. The van der Waals surface area contributed by atoms with Crippen LogP contribution in [0.4, 0.5) is 0 Å². The van der Waals surface area contributed by atoms with Gasteiger partial charge in [-0.15, -0.1) is 0 Å². The lowest BCUT2D eigenvalue weighted by Gasteiger charge is -2.20. The Hall–Kier alpha value is -1.35. The molecule has 3 nitrogen and oxygen atoms in total. The predicted octanol–water partition coefficient (Wildman–Crippen LogP) is 1.64. The number of esters is 1. The third-order valence-electron chi connectivity index (χ3n) is 1.90. The van der Waals surface area contributed by atoms with Crippen LogP contribution in [0, 0.1) is 0 Å². The van der Waals surface area contributed by atoms with Gasteiger partial charge in [0.1, 0.15) is 6.10 Å². The quantitative estimate of drug-likeness (QED) is 0.742. The smallest absolute Gasteiger partial charge is 0.303 e. The zero-order valence-electron chi connectivity index (χ0n) is 8.44. The summed E-state index contributed by atoms with van der Waals surface area (Å²) in [5.74, 6) is -0.309. The molecular formula is C11H15NO2. The van der Waals surface area contributed by atoms with Crippen LogP contribution in [-0.2, 0) is 9.53 Å².